The second-order valence-corrected chi connectivity index (χ2v) is 3.36. The van der Waals surface area contributed by atoms with Crippen LogP contribution in [-0.2, 0) is 6.42 Å². The fraction of sp³-hybridized carbons (Fsp3) is 0.333. The summed E-state index contributed by atoms with van der Waals surface area (Å²) in [6.45, 7) is 0. The summed E-state index contributed by atoms with van der Waals surface area (Å²) in [4.78, 5) is 1.92. The van der Waals surface area contributed by atoms with Gasteiger partial charge in [-0.05, 0) is 11.6 Å². The molecule has 0 radical (unpaired) electrons. The Morgan fingerprint density at radius 3 is 2.67 bits per heavy atom. The molecule has 12 heavy (non-hydrogen) atoms. The number of hydrogen-bond donors (Lipinski definition) is 2. The van der Waals surface area contributed by atoms with E-state index in [9.17, 15) is 0 Å². The lowest BCUT2D eigenvalue weighted by atomic mass is 10.1. The Morgan fingerprint density at radius 2 is 2.00 bits per heavy atom. The molecular weight excluding hydrogens is 150 g/mol. The zero-order valence-corrected chi connectivity index (χ0v) is 7.12. The highest BCUT2D eigenvalue weighted by Crippen LogP contribution is 2.31. The number of rotatable bonds is 0. The maximum absolute atomic E-state index is 5.88. The number of benzene rings is 1. The second-order valence-electron chi connectivity index (χ2n) is 3.36. The van der Waals surface area contributed by atoms with Crippen LogP contribution < -0.4 is 16.4 Å². The quantitative estimate of drug-likeness (QED) is 0.539. The molecule has 0 aromatic heterocycles. The molecular formula is C9H13N3. The van der Waals surface area contributed by atoms with Gasteiger partial charge in [0.05, 0.1) is 0 Å². The molecule has 0 saturated carbocycles. The second kappa shape index (κ2) is 2.21. The van der Waals surface area contributed by atoms with Crippen molar-refractivity contribution in [1.29, 1.82) is 0 Å². The average Bonchev–Trinajstić information content (AvgIpc) is 2.24. The molecule has 0 saturated heterocycles. The molecule has 2 rings (SSSR count). The molecule has 0 spiro atoms. The van der Waals surface area contributed by atoms with Gasteiger partial charge in [-0.25, -0.2) is 0 Å². The Balaban J connectivity index is 2.49. The Labute approximate surface area is 72.0 Å². The van der Waals surface area contributed by atoms with Crippen LogP contribution in [0.1, 0.15) is 5.56 Å². The lowest BCUT2D eigenvalue weighted by Crippen LogP contribution is -2.60. The number of nitrogens with two attached hydrogens (primary N) is 2. The highest BCUT2D eigenvalue weighted by molar-refractivity contribution is 5.59. The molecule has 1 aliphatic heterocycles. The Bertz CT molecular complexity index is 306. The highest BCUT2D eigenvalue weighted by Gasteiger charge is 2.33. The van der Waals surface area contributed by atoms with Crippen LogP contribution in [0.5, 0.6) is 0 Å². The number of anilines is 1. The summed E-state index contributed by atoms with van der Waals surface area (Å²) >= 11 is 0. The third-order valence-electron chi connectivity index (χ3n) is 2.45. The van der Waals surface area contributed by atoms with Crippen molar-refractivity contribution in [2.75, 3.05) is 11.9 Å². The van der Waals surface area contributed by atoms with Crippen molar-refractivity contribution < 1.29 is 0 Å². The molecule has 1 heterocycles. The van der Waals surface area contributed by atoms with Gasteiger partial charge in [-0.3, -0.25) is 11.5 Å². The van der Waals surface area contributed by atoms with Gasteiger partial charge in [-0.2, -0.15) is 0 Å². The van der Waals surface area contributed by atoms with Gasteiger partial charge in [0.25, 0.3) is 0 Å². The van der Waals surface area contributed by atoms with Crippen LogP contribution in [0.2, 0.25) is 0 Å². The maximum atomic E-state index is 5.88. The van der Waals surface area contributed by atoms with Crippen LogP contribution in [-0.4, -0.2) is 12.8 Å². The highest BCUT2D eigenvalue weighted by atomic mass is 15.4. The maximum Gasteiger partial charge on any atom is 0.145 e. The Hall–Kier alpha value is -1.06. The third-order valence-corrected chi connectivity index (χ3v) is 2.45. The predicted octanol–water partition coefficient (Wildman–Crippen LogP) is 0.250. The van der Waals surface area contributed by atoms with Crippen molar-refractivity contribution in [2.45, 2.75) is 12.2 Å². The van der Waals surface area contributed by atoms with Crippen molar-refractivity contribution >= 4 is 5.69 Å². The first kappa shape index (κ1) is 7.58. The first-order valence-corrected chi connectivity index (χ1v) is 4.01. The number of nitrogens with zero attached hydrogens (tertiary/aromatic N) is 1. The molecule has 3 heteroatoms. The summed E-state index contributed by atoms with van der Waals surface area (Å²) in [5, 5.41) is 0. The fourth-order valence-corrected chi connectivity index (χ4v) is 1.64. The molecule has 0 fully saturated rings. The van der Waals surface area contributed by atoms with E-state index in [-0.39, 0.29) is 0 Å². The predicted molar refractivity (Wildman–Crippen MR) is 49.7 cm³/mol. The summed E-state index contributed by atoms with van der Waals surface area (Å²) < 4.78 is 0. The first-order chi connectivity index (χ1) is 5.61. The van der Waals surface area contributed by atoms with E-state index in [2.05, 4.69) is 6.07 Å². The van der Waals surface area contributed by atoms with Gasteiger partial charge < -0.3 is 4.90 Å². The van der Waals surface area contributed by atoms with Crippen LogP contribution in [0.3, 0.4) is 0 Å². The minimum atomic E-state index is -0.705. The molecule has 64 valence electrons. The first-order valence-electron chi connectivity index (χ1n) is 4.01. The van der Waals surface area contributed by atoms with Crippen molar-refractivity contribution in [3.63, 3.8) is 0 Å². The third kappa shape index (κ3) is 0.906. The van der Waals surface area contributed by atoms with Gasteiger partial charge in [0, 0.05) is 19.2 Å². The monoisotopic (exact) mass is 163 g/mol. The van der Waals surface area contributed by atoms with Crippen molar-refractivity contribution in [3.05, 3.63) is 29.8 Å². The number of para-hydroxylation sites is 1. The van der Waals surface area contributed by atoms with E-state index in [0.29, 0.717) is 0 Å². The summed E-state index contributed by atoms with van der Waals surface area (Å²) in [5.74, 6) is -0.705. The fourth-order valence-electron chi connectivity index (χ4n) is 1.64. The average molecular weight is 163 g/mol. The number of fused-ring (bicyclic) bond motifs is 1. The van der Waals surface area contributed by atoms with E-state index >= 15 is 0 Å². The van der Waals surface area contributed by atoms with Crippen molar-refractivity contribution in [2.24, 2.45) is 11.5 Å². The zero-order valence-electron chi connectivity index (χ0n) is 7.12. The Kier molecular flexibility index (Phi) is 1.40. The molecule has 1 aliphatic rings. The van der Waals surface area contributed by atoms with E-state index in [1.807, 2.05) is 30.1 Å². The van der Waals surface area contributed by atoms with E-state index in [0.717, 1.165) is 12.1 Å². The van der Waals surface area contributed by atoms with Crippen LogP contribution in [0, 0.1) is 0 Å². The Morgan fingerprint density at radius 1 is 1.33 bits per heavy atom. The zero-order chi connectivity index (χ0) is 8.77. The van der Waals surface area contributed by atoms with E-state index < -0.39 is 5.79 Å². The van der Waals surface area contributed by atoms with E-state index in [4.69, 9.17) is 11.5 Å². The van der Waals surface area contributed by atoms with Crippen LogP contribution in [0.25, 0.3) is 0 Å². The van der Waals surface area contributed by atoms with Crippen LogP contribution in [0.15, 0.2) is 24.3 Å². The molecule has 4 N–H and O–H groups in total. The smallest absolute Gasteiger partial charge is 0.145 e. The largest absolute Gasteiger partial charge is 0.344 e. The molecule has 1 aromatic carbocycles. The van der Waals surface area contributed by atoms with Gasteiger partial charge >= 0.3 is 0 Å². The van der Waals surface area contributed by atoms with Crippen LogP contribution in [0.4, 0.5) is 5.69 Å². The van der Waals surface area contributed by atoms with Gasteiger partial charge in [-0.15, -0.1) is 0 Å². The van der Waals surface area contributed by atoms with Crippen LogP contribution >= 0.6 is 0 Å². The molecule has 0 amide bonds. The minimum Gasteiger partial charge on any atom is -0.344 e. The lowest BCUT2D eigenvalue weighted by Gasteiger charge is -2.29. The summed E-state index contributed by atoms with van der Waals surface area (Å²) in [5.41, 5.74) is 14.1. The molecule has 3 nitrogen and oxygen atoms in total. The normalized spacial score (nSPS) is 19.4. The standard InChI is InChI=1S/C9H13N3/c1-12-8-5-3-2-4-7(8)6-9(12,10)11/h2-5H,6,10-11H2,1H3. The van der Waals surface area contributed by atoms with Crippen molar-refractivity contribution in [3.8, 4) is 0 Å². The van der Waals surface area contributed by atoms with E-state index in [1.54, 1.807) is 0 Å². The lowest BCUT2D eigenvalue weighted by molar-refractivity contribution is 0.460. The molecule has 1 aromatic rings. The van der Waals surface area contributed by atoms with E-state index in [1.165, 1.54) is 5.56 Å². The number of likely N-dealkylation sites (N-methyl/N-ethyl adjacent to an activating group) is 1. The SMILES string of the molecule is CN1c2ccccc2CC1(N)N. The summed E-state index contributed by atoms with van der Waals surface area (Å²) in [6, 6.07) is 8.11. The van der Waals surface area contributed by atoms with Gasteiger partial charge in [0.15, 0.2) is 0 Å². The van der Waals surface area contributed by atoms with Gasteiger partial charge in [0.1, 0.15) is 5.79 Å². The molecule has 0 unspecified atom stereocenters. The number of hydrogen-bond acceptors (Lipinski definition) is 3. The molecule has 0 bridgehead atoms. The summed E-state index contributed by atoms with van der Waals surface area (Å²) in [7, 11) is 1.92. The topological polar surface area (TPSA) is 55.3 Å². The molecule has 0 aliphatic carbocycles. The summed E-state index contributed by atoms with van der Waals surface area (Å²) in [6.07, 6.45) is 0.722. The molecule has 0 atom stereocenters. The van der Waals surface area contributed by atoms with Gasteiger partial charge in [-0.1, -0.05) is 18.2 Å². The van der Waals surface area contributed by atoms with Crippen molar-refractivity contribution in [1.82, 2.24) is 0 Å². The minimum absolute atomic E-state index is 0.705. The van der Waals surface area contributed by atoms with Gasteiger partial charge in [0.2, 0.25) is 0 Å².